The van der Waals surface area contributed by atoms with Gasteiger partial charge in [0.05, 0.1) is 19.3 Å². The van der Waals surface area contributed by atoms with Gasteiger partial charge >= 0.3 is 6.18 Å². The van der Waals surface area contributed by atoms with Crippen LogP contribution in [0.4, 0.5) is 18.3 Å². The van der Waals surface area contributed by atoms with Crippen molar-refractivity contribution in [1.82, 2.24) is 10.2 Å². The minimum absolute atomic E-state index is 0.153. The summed E-state index contributed by atoms with van der Waals surface area (Å²) in [7, 11) is 0. The van der Waals surface area contributed by atoms with E-state index in [1.165, 1.54) is 0 Å². The zero-order valence-corrected chi connectivity index (χ0v) is 10.1. The second-order valence-corrected chi connectivity index (χ2v) is 4.73. The highest BCUT2D eigenvalue weighted by Crippen LogP contribution is 2.35. The molecule has 2 heterocycles. The predicted molar refractivity (Wildman–Crippen MR) is 57.6 cm³/mol. The van der Waals surface area contributed by atoms with Crippen molar-refractivity contribution in [1.29, 1.82) is 0 Å². The van der Waals surface area contributed by atoms with E-state index in [1.54, 1.807) is 4.90 Å². The molecule has 2 rings (SSSR count). The van der Waals surface area contributed by atoms with E-state index in [9.17, 15) is 13.2 Å². The Morgan fingerprint density at radius 1 is 1.47 bits per heavy atom. The van der Waals surface area contributed by atoms with Crippen molar-refractivity contribution in [2.45, 2.75) is 12.2 Å². The van der Waals surface area contributed by atoms with Crippen LogP contribution in [-0.4, -0.2) is 41.9 Å². The first-order valence-corrected chi connectivity index (χ1v) is 6.18. The first-order valence-electron chi connectivity index (χ1n) is 4.83. The third-order valence-corrected chi connectivity index (χ3v) is 3.67. The van der Waals surface area contributed by atoms with Gasteiger partial charge in [-0.3, -0.25) is 0 Å². The van der Waals surface area contributed by atoms with Crippen molar-refractivity contribution in [3.05, 3.63) is 5.01 Å². The molecule has 4 nitrogen and oxygen atoms in total. The first kappa shape index (κ1) is 12.8. The molecule has 0 radical (unpaired) electrons. The van der Waals surface area contributed by atoms with Crippen LogP contribution in [0.15, 0.2) is 0 Å². The second kappa shape index (κ2) is 4.95. The summed E-state index contributed by atoms with van der Waals surface area (Å²) < 4.78 is 42.4. The Kier molecular flexibility index (Phi) is 3.74. The monoisotopic (exact) mass is 287 g/mol. The molecule has 1 saturated heterocycles. The quantitative estimate of drug-likeness (QED) is 0.780. The number of morpholine rings is 1. The molecule has 0 N–H and O–H groups in total. The Bertz CT molecular complexity index is 386. The predicted octanol–water partition coefficient (Wildman–Crippen LogP) is 2.00. The fourth-order valence-corrected chi connectivity index (χ4v) is 2.55. The lowest BCUT2D eigenvalue weighted by Crippen LogP contribution is -2.46. The lowest BCUT2D eigenvalue weighted by Gasteiger charge is -2.33. The third kappa shape index (κ3) is 2.80. The van der Waals surface area contributed by atoms with Gasteiger partial charge in [-0.1, -0.05) is 11.3 Å². The molecule has 1 aromatic heterocycles. The first-order chi connectivity index (χ1) is 8.02. The zero-order valence-electron chi connectivity index (χ0n) is 8.58. The summed E-state index contributed by atoms with van der Waals surface area (Å²) in [6, 6.07) is -0.153. The van der Waals surface area contributed by atoms with E-state index < -0.39 is 11.2 Å². The lowest BCUT2D eigenvalue weighted by molar-refractivity contribution is -0.138. The molecular formula is C8H9ClF3N3OS. The van der Waals surface area contributed by atoms with Gasteiger partial charge < -0.3 is 9.64 Å². The molecule has 17 heavy (non-hydrogen) atoms. The van der Waals surface area contributed by atoms with Crippen molar-refractivity contribution in [3.63, 3.8) is 0 Å². The van der Waals surface area contributed by atoms with Gasteiger partial charge in [0.25, 0.3) is 0 Å². The number of aromatic nitrogens is 2. The lowest BCUT2D eigenvalue weighted by atomic mass is 10.3. The maximum Gasteiger partial charge on any atom is 0.445 e. The molecule has 0 aliphatic carbocycles. The van der Waals surface area contributed by atoms with E-state index in [0.717, 1.165) is 0 Å². The molecule has 0 aromatic carbocycles. The molecule has 0 saturated carbocycles. The number of halogens is 4. The highest BCUT2D eigenvalue weighted by atomic mass is 35.5. The van der Waals surface area contributed by atoms with E-state index in [4.69, 9.17) is 16.3 Å². The van der Waals surface area contributed by atoms with Crippen molar-refractivity contribution in [3.8, 4) is 0 Å². The van der Waals surface area contributed by atoms with Crippen LogP contribution in [0.5, 0.6) is 0 Å². The highest BCUT2D eigenvalue weighted by molar-refractivity contribution is 7.15. The molecular weight excluding hydrogens is 279 g/mol. The van der Waals surface area contributed by atoms with Crippen LogP contribution in [0.3, 0.4) is 0 Å². The van der Waals surface area contributed by atoms with Crippen LogP contribution in [0.1, 0.15) is 5.01 Å². The smallest absolute Gasteiger partial charge is 0.377 e. The Labute approximate surface area is 104 Å². The van der Waals surface area contributed by atoms with Gasteiger partial charge in [-0.25, -0.2) is 0 Å². The van der Waals surface area contributed by atoms with Crippen molar-refractivity contribution >= 4 is 28.1 Å². The van der Waals surface area contributed by atoms with Gasteiger partial charge in [-0.2, -0.15) is 13.2 Å². The van der Waals surface area contributed by atoms with Crippen LogP contribution in [0, 0.1) is 0 Å². The van der Waals surface area contributed by atoms with Gasteiger partial charge in [0, 0.05) is 12.4 Å². The Morgan fingerprint density at radius 3 is 2.82 bits per heavy atom. The maximum absolute atomic E-state index is 12.4. The van der Waals surface area contributed by atoms with Gasteiger partial charge in [-0.15, -0.1) is 21.8 Å². The number of alkyl halides is 4. The van der Waals surface area contributed by atoms with Gasteiger partial charge in [-0.05, 0) is 0 Å². The summed E-state index contributed by atoms with van der Waals surface area (Å²) in [5.74, 6) is 0.279. The summed E-state index contributed by atoms with van der Waals surface area (Å²) in [6.45, 7) is 1.32. The molecule has 1 aliphatic rings. The SMILES string of the molecule is FC(F)(F)c1nnc(N2CCOCC2CCl)s1. The van der Waals surface area contributed by atoms with Crippen LogP contribution < -0.4 is 4.90 Å². The summed E-state index contributed by atoms with van der Waals surface area (Å²) in [5, 5.41) is 6.02. The molecule has 1 atom stereocenters. The number of nitrogens with zero attached hydrogens (tertiary/aromatic N) is 3. The zero-order chi connectivity index (χ0) is 12.5. The molecule has 1 unspecified atom stereocenters. The molecule has 0 bridgehead atoms. The average Bonchev–Trinajstić information content (AvgIpc) is 2.77. The maximum atomic E-state index is 12.4. The molecule has 96 valence electrons. The van der Waals surface area contributed by atoms with Crippen molar-refractivity contribution in [2.75, 3.05) is 30.5 Å². The number of hydrogen-bond donors (Lipinski definition) is 0. The molecule has 0 amide bonds. The second-order valence-electron chi connectivity index (χ2n) is 3.46. The number of rotatable bonds is 2. The van der Waals surface area contributed by atoms with E-state index in [1.807, 2.05) is 0 Å². The summed E-state index contributed by atoms with van der Waals surface area (Å²) in [5.41, 5.74) is 0. The van der Waals surface area contributed by atoms with E-state index >= 15 is 0 Å². The largest absolute Gasteiger partial charge is 0.445 e. The highest BCUT2D eigenvalue weighted by Gasteiger charge is 2.37. The van der Waals surface area contributed by atoms with Crippen molar-refractivity contribution in [2.24, 2.45) is 0 Å². The van der Waals surface area contributed by atoms with Crippen LogP contribution >= 0.6 is 22.9 Å². The van der Waals surface area contributed by atoms with Crippen LogP contribution in [0.25, 0.3) is 0 Å². The Hall–Kier alpha value is -0.600. The Morgan fingerprint density at radius 2 is 2.24 bits per heavy atom. The van der Waals surface area contributed by atoms with Crippen LogP contribution in [0.2, 0.25) is 0 Å². The topological polar surface area (TPSA) is 38.2 Å². The summed E-state index contributed by atoms with van der Waals surface area (Å²) in [4.78, 5) is 1.71. The summed E-state index contributed by atoms with van der Waals surface area (Å²) >= 11 is 6.26. The fraction of sp³-hybridized carbons (Fsp3) is 0.750. The number of anilines is 1. The van der Waals surface area contributed by atoms with Crippen molar-refractivity contribution < 1.29 is 17.9 Å². The molecule has 1 aliphatic heterocycles. The molecule has 0 spiro atoms. The van der Waals surface area contributed by atoms with Gasteiger partial charge in [0.2, 0.25) is 10.1 Å². The van der Waals surface area contributed by atoms with Gasteiger partial charge in [0.1, 0.15) is 0 Å². The molecule has 1 fully saturated rings. The number of ether oxygens (including phenoxy) is 1. The average molecular weight is 288 g/mol. The third-order valence-electron chi connectivity index (χ3n) is 2.31. The standard InChI is InChI=1S/C8H9ClF3N3OS/c9-3-5-4-16-2-1-15(5)7-14-13-6(17-7)8(10,11)12/h5H,1-4H2. The normalized spacial score (nSPS) is 21.9. The van der Waals surface area contributed by atoms with E-state index in [2.05, 4.69) is 10.2 Å². The minimum Gasteiger partial charge on any atom is -0.377 e. The van der Waals surface area contributed by atoms with Gasteiger partial charge in [0.15, 0.2) is 0 Å². The van der Waals surface area contributed by atoms with E-state index in [-0.39, 0.29) is 17.1 Å². The number of hydrogen-bond acceptors (Lipinski definition) is 5. The van der Waals surface area contributed by atoms with E-state index in [0.29, 0.717) is 31.1 Å². The fourth-order valence-electron chi connectivity index (χ4n) is 1.48. The molecule has 9 heteroatoms. The summed E-state index contributed by atoms with van der Waals surface area (Å²) in [6.07, 6.45) is -4.45. The Balaban J connectivity index is 2.18. The molecule has 1 aromatic rings. The minimum atomic E-state index is -4.45. The van der Waals surface area contributed by atoms with Crippen LogP contribution in [-0.2, 0) is 10.9 Å².